The molecule has 6 nitrogen and oxygen atoms in total. The van der Waals surface area contributed by atoms with Gasteiger partial charge in [0, 0.05) is 11.4 Å². The normalized spacial score (nSPS) is 19.9. The number of aliphatic carboxylic acids is 2. The molecule has 1 unspecified atom stereocenters. The molecule has 1 atom stereocenters. The Morgan fingerprint density at radius 1 is 1.23 bits per heavy atom. The molecule has 0 amide bonds. The molecule has 1 saturated carbocycles. The smallest absolute Gasteiger partial charge is 0.430 e. The van der Waals surface area contributed by atoms with E-state index in [0.717, 1.165) is 30.5 Å². The number of benzene rings is 1. The Hall–Kier alpha value is -2.20. The summed E-state index contributed by atoms with van der Waals surface area (Å²) in [5, 5.41) is 19.4. The van der Waals surface area contributed by atoms with Gasteiger partial charge in [0.1, 0.15) is 11.7 Å². The van der Waals surface area contributed by atoms with E-state index in [1.54, 1.807) is 6.07 Å². The van der Waals surface area contributed by atoms with Crippen molar-refractivity contribution in [3.63, 3.8) is 0 Å². The van der Waals surface area contributed by atoms with Crippen molar-refractivity contribution in [3.05, 3.63) is 46.1 Å². The molecule has 1 fully saturated rings. The van der Waals surface area contributed by atoms with Gasteiger partial charge < -0.3 is 15.0 Å². The second-order valence-electron chi connectivity index (χ2n) is 7.20. The molecule has 170 valence electrons. The Morgan fingerprint density at radius 2 is 1.81 bits per heavy atom. The van der Waals surface area contributed by atoms with E-state index in [1.807, 2.05) is 18.2 Å². The first-order valence-electron chi connectivity index (χ1n) is 9.55. The van der Waals surface area contributed by atoms with Crippen LogP contribution in [0.1, 0.15) is 49.3 Å². The number of amidine groups is 1. The molecule has 3 rings (SSSR count). The highest BCUT2D eigenvalue weighted by atomic mass is 35.5. The maximum absolute atomic E-state index is 12.0. The average molecular weight is 479 g/mol. The molecule has 1 aromatic rings. The molecule has 31 heavy (non-hydrogen) atoms. The summed E-state index contributed by atoms with van der Waals surface area (Å²) in [5.41, 5.74) is 8.00. The van der Waals surface area contributed by atoms with E-state index in [9.17, 15) is 23.1 Å². The van der Waals surface area contributed by atoms with Crippen LogP contribution < -0.4 is 15.8 Å². The number of alkyl halides is 3. The number of hydrogen-bond acceptors (Lipinski definition) is 5. The standard InChI is InChI=1S/C18H21ClN2O2S.C2HF3O2/c19-13-9-5-4-8-12(13)16-15(17(22)23)14(21-18(20)24-16)10-11-6-2-1-3-7-11;3-2(4,5)1(6)7/h4-5,8-9,11,16H,1-3,6-7,10H2,(H2,20,21)(H,22,23);(H,6,7). The maximum Gasteiger partial charge on any atom is 0.430 e. The van der Waals surface area contributed by atoms with Gasteiger partial charge in [-0.3, -0.25) is 5.73 Å². The highest BCUT2D eigenvalue weighted by Crippen LogP contribution is 2.42. The van der Waals surface area contributed by atoms with Gasteiger partial charge in [-0.25, -0.2) is 9.79 Å². The van der Waals surface area contributed by atoms with Gasteiger partial charge in [0.2, 0.25) is 0 Å². The number of carboxylic acid groups (broad SMARTS) is 2. The Kier molecular flexibility index (Phi) is 8.81. The molecular formula is C20H22ClF3N2O4S. The molecule has 11 heteroatoms. The molecule has 0 spiro atoms. The van der Waals surface area contributed by atoms with E-state index in [0.29, 0.717) is 21.7 Å². The van der Waals surface area contributed by atoms with E-state index in [2.05, 4.69) is 4.99 Å². The summed E-state index contributed by atoms with van der Waals surface area (Å²) in [7, 11) is 0. The zero-order valence-corrected chi connectivity index (χ0v) is 17.9. The minimum Gasteiger partial charge on any atom is -0.542 e. The number of allylic oxidation sites excluding steroid dienone is 1. The fourth-order valence-electron chi connectivity index (χ4n) is 3.58. The first kappa shape index (κ1) is 25.1. The van der Waals surface area contributed by atoms with Gasteiger partial charge in [-0.1, -0.05) is 49.1 Å². The maximum atomic E-state index is 12.0. The predicted octanol–water partition coefficient (Wildman–Crippen LogP) is 2.13. The lowest BCUT2D eigenvalue weighted by atomic mass is 9.85. The number of nitrogens with two attached hydrogens (primary N) is 1. The quantitative estimate of drug-likeness (QED) is 0.610. The number of halogens is 4. The van der Waals surface area contributed by atoms with Crippen molar-refractivity contribution in [1.29, 1.82) is 0 Å². The van der Waals surface area contributed by atoms with Crippen LogP contribution >= 0.6 is 23.4 Å². The van der Waals surface area contributed by atoms with Crippen LogP contribution in [0.15, 0.2) is 35.5 Å². The van der Waals surface area contributed by atoms with Crippen molar-refractivity contribution in [2.75, 3.05) is 0 Å². The lowest BCUT2D eigenvalue weighted by Gasteiger charge is -2.25. The molecule has 1 aliphatic heterocycles. The van der Waals surface area contributed by atoms with Crippen molar-refractivity contribution in [3.8, 4) is 0 Å². The number of rotatable bonds is 4. The first-order valence-corrected chi connectivity index (χ1v) is 10.8. The Balaban J connectivity index is 0.000000423. The summed E-state index contributed by atoms with van der Waals surface area (Å²) in [4.78, 5) is 23.9. The van der Waals surface area contributed by atoms with Gasteiger partial charge in [-0.05, 0) is 42.2 Å². The number of thioether (sulfide) groups is 1. The summed E-state index contributed by atoms with van der Waals surface area (Å²) in [6.45, 7) is 0. The van der Waals surface area contributed by atoms with Crippen LogP contribution in [0, 0.1) is 5.92 Å². The predicted molar refractivity (Wildman–Crippen MR) is 109 cm³/mol. The molecule has 1 heterocycles. The molecule has 4 N–H and O–H groups in total. The molecule has 0 saturated heterocycles. The van der Waals surface area contributed by atoms with Crippen LogP contribution in [0.2, 0.25) is 5.02 Å². The fourth-order valence-corrected chi connectivity index (χ4v) is 5.02. The van der Waals surface area contributed by atoms with Crippen molar-refractivity contribution in [2.24, 2.45) is 11.7 Å². The molecule has 0 bridgehead atoms. The highest BCUT2D eigenvalue weighted by Gasteiger charge is 2.36. The Bertz CT molecular complexity index is 883. The van der Waals surface area contributed by atoms with Crippen molar-refractivity contribution in [1.82, 2.24) is 0 Å². The molecule has 2 aliphatic rings. The lowest BCUT2D eigenvalue weighted by molar-refractivity contribution is -0.401. The number of nitrogens with one attached hydrogen (secondary N) is 1. The number of hydrogen-bond donors (Lipinski definition) is 3. The molecule has 0 aromatic heterocycles. The van der Waals surface area contributed by atoms with Gasteiger partial charge in [0.25, 0.3) is 0 Å². The van der Waals surface area contributed by atoms with Crippen molar-refractivity contribution in [2.45, 2.75) is 50.0 Å². The van der Waals surface area contributed by atoms with Crippen molar-refractivity contribution < 1.29 is 38.0 Å². The lowest BCUT2D eigenvalue weighted by Crippen LogP contribution is -2.75. The van der Waals surface area contributed by atoms with Crippen LogP contribution in [-0.2, 0) is 9.59 Å². The number of carboxylic acids is 2. The van der Waals surface area contributed by atoms with Crippen LogP contribution in [0.3, 0.4) is 0 Å². The number of carbonyl (C=O) groups excluding carboxylic acids is 1. The van der Waals surface area contributed by atoms with Crippen molar-refractivity contribution >= 4 is 40.5 Å². The Morgan fingerprint density at radius 3 is 2.32 bits per heavy atom. The van der Waals surface area contributed by atoms with Gasteiger partial charge in [-0.2, -0.15) is 13.2 Å². The minimum atomic E-state index is -5.19. The fraction of sp³-hybridized carbons (Fsp3) is 0.450. The van der Waals surface area contributed by atoms with Crippen LogP contribution in [-0.4, -0.2) is 28.4 Å². The SMILES string of the molecule is NC1=[NH+]C(CC2CCCCC2)=C(C(=O)O)C(c2ccccc2Cl)S1.O=C([O-])C(F)(F)F. The monoisotopic (exact) mass is 478 g/mol. The van der Waals surface area contributed by atoms with E-state index in [4.69, 9.17) is 27.2 Å². The number of carbonyl (C=O) groups is 2. The summed E-state index contributed by atoms with van der Waals surface area (Å²) < 4.78 is 31.5. The minimum absolute atomic E-state index is 0.379. The molecular weight excluding hydrogens is 457 g/mol. The first-order chi connectivity index (χ1) is 14.5. The van der Waals surface area contributed by atoms with Gasteiger partial charge in [0.05, 0.1) is 10.8 Å². The average Bonchev–Trinajstić information content (AvgIpc) is 2.68. The zero-order chi connectivity index (χ0) is 23.2. The van der Waals surface area contributed by atoms with E-state index < -0.39 is 18.1 Å². The summed E-state index contributed by atoms with van der Waals surface area (Å²) >= 11 is 7.63. The van der Waals surface area contributed by atoms with E-state index in [1.165, 1.54) is 31.0 Å². The largest absolute Gasteiger partial charge is 0.542 e. The van der Waals surface area contributed by atoms with Gasteiger partial charge in [-0.15, -0.1) is 0 Å². The topological polar surface area (TPSA) is 117 Å². The third-order valence-electron chi connectivity index (χ3n) is 4.97. The van der Waals surface area contributed by atoms with Crippen LogP contribution in [0.5, 0.6) is 0 Å². The van der Waals surface area contributed by atoms with Gasteiger partial charge in [0.15, 0.2) is 0 Å². The van der Waals surface area contributed by atoms with Crippen LogP contribution in [0.25, 0.3) is 0 Å². The third-order valence-corrected chi connectivity index (χ3v) is 6.40. The highest BCUT2D eigenvalue weighted by molar-refractivity contribution is 8.13. The molecule has 1 aliphatic carbocycles. The summed E-state index contributed by atoms with van der Waals surface area (Å²) in [6.07, 6.45) is 1.58. The summed E-state index contributed by atoms with van der Waals surface area (Å²) in [6, 6.07) is 7.38. The second-order valence-corrected chi connectivity index (χ2v) is 8.75. The summed E-state index contributed by atoms with van der Waals surface area (Å²) in [5.74, 6) is -3.39. The second kappa shape index (κ2) is 10.9. The van der Waals surface area contributed by atoms with Gasteiger partial charge >= 0.3 is 17.3 Å². The molecule has 1 aromatic carbocycles. The molecule has 0 radical (unpaired) electrons. The van der Waals surface area contributed by atoms with Crippen LogP contribution in [0.4, 0.5) is 13.2 Å². The third kappa shape index (κ3) is 7.17. The zero-order valence-electron chi connectivity index (χ0n) is 16.4. The van der Waals surface area contributed by atoms with E-state index >= 15 is 0 Å². The Labute approximate surface area is 186 Å². The van der Waals surface area contributed by atoms with E-state index in [-0.39, 0.29) is 5.25 Å².